The summed E-state index contributed by atoms with van der Waals surface area (Å²) in [5.74, 6) is -0.383. The van der Waals surface area contributed by atoms with Crippen LogP contribution in [-0.2, 0) is 16.0 Å². The van der Waals surface area contributed by atoms with Crippen molar-refractivity contribution in [3.05, 3.63) is 87.9 Å². The fourth-order valence-electron chi connectivity index (χ4n) is 5.38. The third-order valence-electron chi connectivity index (χ3n) is 7.35. The van der Waals surface area contributed by atoms with Crippen molar-refractivity contribution in [1.82, 2.24) is 4.98 Å². The molecular formula is C32H29ClN2O5S. The monoisotopic (exact) mass is 588 g/mol. The molecule has 2 aliphatic rings. The maximum Gasteiger partial charge on any atom is 0.301 e. The predicted molar refractivity (Wildman–Crippen MR) is 161 cm³/mol. The molecule has 1 N–H and O–H groups in total. The molecule has 0 saturated carbocycles. The number of hydrogen-bond donors (Lipinski definition) is 1. The Kier molecular flexibility index (Phi) is 7.45. The Hall–Kier alpha value is -3.88. The lowest BCUT2D eigenvalue weighted by molar-refractivity contribution is -0.132. The maximum atomic E-state index is 13.7. The van der Waals surface area contributed by atoms with Gasteiger partial charge in [-0.15, -0.1) is 0 Å². The predicted octanol–water partition coefficient (Wildman–Crippen LogP) is 7.47. The van der Waals surface area contributed by atoms with E-state index in [9.17, 15) is 14.7 Å². The lowest BCUT2D eigenvalue weighted by atomic mass is 9.94. The number of hydrogen-bond acceptors (Lipinski definition) is 7. The van der Waals surface area contributed by atoms with Crippen LogP contribution in [0, 0.1) is 0 Å². The van der Waals surface area contributed by atoms with Crippen molar-refractivity contribution in [2.75, 3.05) is 11.5 Å². The van der Waals surface area contributed by atoms with Crippen LogP contribution in [0.2, 0.25) is 5.02 Å². The second-order valence-electron chi connectivity index (χ2n) is 10.4. The van der Waals surface area contributed by atoms with Gasteiger partial charge in [0.05, 0.1) is 28.4 Å². The third kappa shape index (κ3) is 5.18. The summed E-state index contributed by atoms with van der Waals surface area (Å²) in [7, 11) is 0. The highest BCUT2D eigenvalue weighted by Crippen LogP contribution is 2.45. The molecule has 3 heterocycles. The molecule has 0 bridgehead atoms. The van der Waals surface area contributed by atoms with Gasteiger partial charge in [0.15, 0.2) is 5.13 Å². The van der Waals surface area contributed by atoms with Crippen molar-refractivity contribution in [3.8, 4) is 11.5 Å². The average molecular weight is 589 g/mol. The van der Waals surface area contributed by atoms with E-state index in [4.69, 9.17) is 21.1 Å². The quantitative estimate of drug-likeness (QED) is 0.0994. The number of halogens is 1. The molecule has 0 radical (unpaired) electrons. The third-order valence-corrected chi connectivity index (χ3v) is 8.60. The fraction of sp³-hybridized carbons (Fsp3) is 0.281. The molecule has 0 spiro atoms. The molecule has 4 aromatic rings. The van der Waals surface area contributed by atoms with Gasteiger partial charge in [-0.05, 0) is 73.0 Å². The molecule has 2 aliphatic heterocycles. The Bertz CT molecular complexity index is 1700. The number of Topliss-reactive ketones (excluding diaryl/α,β-unsaturated/α-hetero) is 1. The first-order chi connectivity index (χ1) is 19.8. The Balaban J connectivity index is 1.47. The van der Waals surface area contributed by atoms with E-state index < -0.39 is 17.7 Å². The molecule has 3 aromatic carbocycles. The number of carbonyl (C=O) groups is 2. The van der Waals surface area contributed by atoms with Crippen molar-refractivity contribution in [2.45, 2.75) is 51.7 Å². The van der Waals surface area contributed by atoms with Crippen LogP contribution in [0.1, 0.15) is 55.8 Å². The molecule has 7 nitrogen and oxygen atoms in total. The molecule has 1 aromatic heterocycles. The van der Waals surface area contributed by atoms with Crippen LogP contribution in [0.3, 0.4) is 0 Å². The number of ether oxygens (including phenoxy) is 2. The number of amides is 1. The van der Waals surface area contributed by atoms with Gasteiger partial charge in [0, 0.05) is 17.0 Å². The number of unbranched alkanes of at least 4 members (excludes halogenated alkanes) is 2. The van der Waals surface area contributed by atoms with Gasteiger partial charge in [0.25, 0.3) is 5.78 Å². The molecule has 41 heavy (non-hydrogen) atoms. The van der Waals surface area contributed by atoms with Gasteiger partial charge in [-0.1, -0.05) is 54.8 Å². The van der Waals surface area contributed by atoms with E-state index in [1.807, 2.05) is 37.3 Å². The van der Waals surface area contributed by atoms with Gasteiger partial charge in [-0.3, -0.25) is 14.5 Å². The van der Waals surface area contributed by atoms with Gasteiger partial charge < -0.3 is 14.6 Å². The number of fused-ring (bicyclic) bond motifs is 2. The first kappa shape index (κ1) is 27.3. The molecule has 1 saturated heterocycles. The zero-order chi connectivity index (χ0) is 28.7. The smallest absolute Gasteiger partial charge is 0.301 e. The van der Waals surface area contributed by atoms with Crippen molar-refractivity contribution < 1.29 is 24.2 Å². The second kappa shape index (κ2) is 11.2. The average Bonchev–Trinajstić information content (AvgIpc) is 3.62. The number of aliphatic hydroxyl groups is 1. The zero-order valence-corrected chi connectivity index (χ0v) is 24.3. The number of aliphatic hydroxyl groups excluding tert-OH is 1. The van der Waals surface area contributed by atoms with Gasteiger partial charge in [-0.2, -0.15) is 0 Å². The summed E-state index contributed by atoms with van der Waals surface area (Å²) in [6, 6.07) is 17.0. The van der Waals surface area contributed by atoms with Crippen LogP contribution in [0.4, 0.5) is 5.13 Å². The summed E-state index contributed by atoms with van der Waals surface area (Å²) < 4.78 is 12.6. The highest BCUT2D eigenvalue weighted by molar-refractivity contribution is 7.22. The van der Waals surface area contributed by atoms with Gasteiger partial charge >= 0.3 is 5.91 Å². The number of thiazole rings is 1. The van der Waals surface area contributed by atoms with Gasteiger partial charge in [-0.25, -0.2) is 4.98 Å². The normalized spacial score (nSPS) is 19.5. The Morgan fingerprint density at radius 3 is 2.83 bits per heavy atom. The van der Waals surface area contributed by atoms with Gasteiger partial charge in [0.1, 0.15) is 23.4 Å². The van der Waals surface area contributed by atoms with E-state index in [2.05, 4.69) is 11.9 Å². The number of aromatic nitrogens is 1. The van der Waals surface area contributed by atoms with E-state index in [1.165, 1.54) is 16.2 Å². The standard InChI is InChI=1S/C32H29ClN2O5S/c1-3-4-5-13-39-23-8-6-7-19(16-23)28-27(29(36)20-9-12-25-21(15-20)14-18(2)40-25)30(37)31(38)35(28)32-34-24-11-10-22(33)17-26(24)41-32/h6-12,15-18,28,36H,3-5,13-14H2,1-2H3/b29-27+/t18-,28+/m0/s1. The van der Waals surface area contributed by atoms with E-state index in [0.29, 0.717) is 45.6 Å². The Morgan fingerprint density at radius 1 is 1.15 bits per heavy atom. The number of ketones is 1. The SMILES string of the molecule is CCCCCOc1cccc([C@@H]2/C(=C(\O)c3ccc4c(c3)C[C@H](C)O4)C(=O)C(=O)N2c2nc3ccc(Cl)cc3s2)c1. The molecule has 0 aliphatic carbocycles. The lowest BCUT2D eigenvalue weighted by Crippen LogP contribution is -2.29. The summed E-state index contributed by atoms with van der Waals surface area (Å²) in [4.78, 5) is 33.4. The minimum Gasteiger partial charge on any atom is -0.507 e. The Morgan fingerprint density at radius 2 is 2.00 bits per heavy atom. The van der Waals surface area contributed by atoms with Crippen LogP contribution in [-0.4, -0.2) is 34.5 Å². The number of rotatable bonds is 8. The number of benzene rings is 3. The Labute approximate surface area is 247 Å². The maximum absolute atomic E-state index is 13.7. The van der Waals surface area contributed by atoms with Crippen molar-refractivity contribution in [1.29, 1.82) is 0 Å². The van der Waals surface area contributed by atoms with Gasteiger partial charge in [0.2, 0.25) is 0 Å². The molecular weight excluding hydrogens is 560 g/mol. The molecule has 210 valence electrons. The summed E-state index contributed by atoms with van der Waals surface area (Å²) in [6.07, 6.45) is 3.79. The molecule has 6 rings (SSSR count). The highest BCUT2D eigenvalue weighted by atomic mass is 35.5. The molecule has 9 heteroatoms. The number of anilines is 1. The topological polar surface area (TPSA) is 89.0 Å². The van der Waals surface area contributed by atoms with Crippen molar-refractivity contribution in [3.63, 3.8) is 0 Å². The molecule has 1 fully saturated rings. The van der Waals surface area contributed by atoms with Crippen LogP contribution >= 0.6 is 22.9 Å². The highest BCUT2D eigenvalue weighted by Gasteiger charge is 2.48. The summed E-state index contributed by atoms with van der Waals surface area (Å²) in [5, 5.41) is 12.5. The van der Waals surface area contributed by atoms with Crippen molar-refractivity contribution in [2.24, 2.45) is 0 Å². The largest absolute Gasteiger partial charge is 0.507 e. The van der Waals surface area contributed by atoms with Crippen LogP contribution in [0.15, 0.2) is 66.2 Å². The summed E-state index contributed by atoms with van der Waals surface area (Å²) >= 11 is 7.47. The van der Waals surface area contributed by atoms with Crippen LogP contribution in [0.25, 0.3) is 16.0 Å². The lowest BCUT2D eigenvalue weighted by Gasteiger charge is -2.23. The second-order valence-corrected chi connectivity index (χ2v) is 11.8. The van der Waals surface area contributed by atoms with Crippen LogP contribution < -0.4 is 14.4 Å². The van der Waals surface area contributed by atoms with E-state index >= 15 is 0 Å². The zero-order valence-electron chi connectivity index (χ0n) is 22.7. The molecule has 1 amide bonds. The van der Waals surface area contributed by atoms with E-state index in [1.54, 1.807) is 30.3 Å². The first-order valence-electron chi connectivity index (χ1n) is 13.7. The minimum atomic E-state index is -0.909. The van der Waals surface area contributed by atoms with E-state index in [0.717, 1.165) is 35.3 Å². The first-order valence-corrected chi connectivity index (χ1v) is 14.9. The van der Waals surface area contributed by atoms with Crippen molar-refractivity contribution >= 4 is 55.7 Å². The van der Waals surface area contributed by atoms with Crippen LogP contribution in [0.5, 0.6) is 11.5 Å². The summed E-state index contributed by atoms with van der Waals surface area (Å²) in [5.41, 5.74) is 2.69. The number of nitrogens with zero attached hydrogens (tertiary/aromatic N) is 2. The van der Waals surface area contributed by atoms with E-state index in [-0.39, 0.29) is 17.4 Å². The minimum absolute atomic E-state index is 0.00216. The molecule has 0 unspecified atom stereocenters. The number of carbonyl (C=O) groups excluding carboxylic acids is 2. The summed E-state index contributed by atoms with van der Waals surface area (Å²) in [6.45, 7) is 4.67. The fourth-order valence-corrected chi connectivity index (χ4v) is 6.64. The molecule has 2 atom stereocenters.